The van der Waals surface area contributed by atoms with Crippen LogP contribution >= 0.6 is 0 Å². The molecule has 1 atom stereocenters. The minimum atomic E-state index is -0.161. The Morgan fingerprint density at radius 1 is 1.50 bits per heavy atom. The van der Waals surface area contributed by atoms with Gasteiger partial charge in [0.15, 0.2) is 0 Å². The lowest BCUT2D eigenvalue weighted by molar-refractivity contribution is -0.141. The summed E-state index contributed by atoms with van der Waals surface area (Å²) in [7, 11) is 1.41. The fourth-order valence-corrected chi connectivity index (χ4v) is 1.25. The SMILES string of the molecule is COC(=O)CC(CN)CC(C)C. The van der Waals surface area contributed by atoms with E-state index in [0.29, 0.717) is 18.9 Å². The first-order valence-corrected chi connectivity index (χ1v) is 4.37. The van der Waals surface area contributed by atoms with Gasteiger partial charge in [0.05, 0.1) is 7.11 Å². The Bertz CT molecular complexity index is 134. The number of carbonyl (C=O) groups is 1. The van der Waals surface area contributed by atoms with Gasteiger partial charge >= 0.3 is 5.97 Å². The molecule has 1 unspecified atom stereocenters. The third-order valence-corrected chi connectivity index (χ3v) is 1.82. The number of hydrogen-bond acceptors (Lipinski definition) is 3. The van der Waals surface area contributed by atoms with Gasteiger partial charge in [0.25, 0.3) is 0 Å². The van der Waals surface area contributed by atoms with E-state index < -0.39 is 0 Å². The number of esters is 1. The lowest BCUT2D eigenvalue weighted by atomic mass is 9.94. The molecule has 0 aliphatic carbocycles. The lowest BCUT2D eigenvalue weighted by Crippen LogP contribution is -2.20. The Hall–Kier alpha value is -0.570. The van der Waals surface area contributed by atoms with Crippen LogP contribution < -0.4 is 5.73 Å². The lowest BCUT2D eigenvalue weighted by Gasteiger charge is -2.15. The van der Waals surface area contributed by atoms with Crippen molar-refractivity contribution in [1.29, 1.82) is 0 Å². The molecule has 3 heteroatoms. The molecule has 0 aromatic carbocycles. The second kappa shape index (κ2) is 6.00. The molecule has 0 radical (unpaired) electrons. The topological polar surface area (TPSA) is 52.3 Å². The van der Waals surface area contributed by atoms with E-state index in [1.165, 1.54) is 7.11 Å². The average Bonchev–Trinajstić information content (AvgIpc) is 2.02. The molecule has 0 heterocycles. The zero-order valence-corrected chi connectivity index (χ0v) is 8.17. The average molecular weight is 173 g/mol. The Morgan fingerprint density at radius 3 is 2.42 bits per heavy atom. The van der Waals surface area contributed by atoms with Crippen molar-refractivity contribution >= 4 is 5.97 Å². The Morgan fingerprint density at radius 2 is 2.08 bits per heavy atom. The van der Waals surface area contributed by atoms with E-state index in [0.717, 1.165) is 6.42 Å². The summed E-state index contributed by atoms with van der Waals surface area (Å²) in [6.07, 6.45) is 1.44. The van der Waals surface area contributed by atoms with Crippen LogP contribution in [0.15, 0.2) is 0 Å². The minimum absolute atomic E-state index is 0.161. The van der Waals surface area contributed by atoms with Crippen LogP contribution in [0.5, 0.6) is 0 Å². The molecule has 0 fully saturated rings. The molecule has 0 bridgehead atoms. The van der Waals surface area contributed by atoms with E-state index >= 15 is 0 Å². The van der Waals surface area contributed by atoms with E-state index in [9.17, 15) is 4.79 Å². The van der Waals surface area contributed by atoms with Gasteiger partial charge in [0.2, 0.25) is 0 Å². The number of hydrogen-bond donors (Lipinski definition) is 1. The molecule has 72 valence electrons. The smallest absolute Gasteiger partial charge is 0.305 e. The normalized spacial score (nSPS) is 13.1. The number of rotatable bonds is 5. The standard InChI is InChI=1S/C9H19NO2/c1-7(2)4-8(6-10)5-9(11)12-3/h7-8H,4-6,10H2,1-3H3. The van der Waals surface area contributed by atoms with Crippen LogP contribution in [0.4, 0.5) is 0 Å². The quantitative estimate of drug-likeness (QED) is 0.635. The predicted molar refractivity (Wildman–Crippen MR) is 48.6 cm³/mol. The highest BCUT2D eigenvalue weighted by Gasteiger charge is 2.13. The molecule has 0 saturated heterocycles. The van der Waals surface area contributed by atoms with E-state index in [4.69, 9.17) is 5.73 Å². The number of nitrogens with two attached hydrogens (primary N) is 1. The minimum Gasteiger partial charge on any atom is -0.469 e. The predicted octanol–water partition coefficient (Wildman–Crippen LogP) is 1.17. The highest BCUT2D eigenvalue weighted by Crippen LogP contribution is 2.14. The highest BCUT2D eigenvalue weighted by molar-refractivity contribution is 5.69. The Balaban J connectivity index is 3.74. The van der Waals surface area contributed by atoms with E-state index in [-0.39, 0.29) is 11.9 Å². The molecule has 2 N–H and O–H groups in total. The second-order valence-corrected chi connectivity index (χ2v) is 3.51. The Kier molecular flexibility index (Phi) is 5.72. The monoisotopic (exact) mass is 173 g/mol. The molecule has 0 spiro atoms. The molecular formula is C9H19NO2. The first-order chi connectivity index (χ1) is 5.60. The van der Waals surface area contributed by atoms with Gasteiger partial charge in [-0.2, -0.15) is 0 Å². The van der Waals surface area contributed by atoms with Crippen LogP contribution in [0.2, 0.25) is 0 Å². The zero-order valence-electron chi connectivity index (χ0n) is 8.17. The van der Waals surface area contributed by atoms with Crippen molar-refractivity contribution in [3.63, 3.8) is 0 Å². The fourth-order valence-electron chi connectivity index (χ4n) is 1.25. The summed E-state index contributed by atoms with van der Waals surface area (Å²) in [5.41, 5.74) is 5.52. The molecule has 0 saturated carbocycles. The van der Waals surface area contributed by atoms with Gasteiger partial charge in [-0.3, -0.25) is 4.79 Å². The van der Waals surface area contributed by atoms with Gasteiger partial charge in [-0.05, 0) is 24.8 Å². The molecule has 0 aliphatic rings. The van der Waals surface area contributed by atoms with E-state index in [1.807, 2.05) is 0 Å². The molecule has 12 heavy (non-hydrogen) atoms. The summed E-state index contributed by atoms with van der Waals surface area (Å²) in [5, 5.41) is 0. The third kappa shape index (κ3) is 5.13. The maximum absolute atomic E-state index is 10.9. The van der Waals surface area contributed by atoms with Gasteiger partial charge in [0, 0.05) is 6.42 Å². The molecule has 0 amide bonds. The summed E-state index contributed by atoms with van der Waals surface area (Å²) >= 11 is 0. The van der Waals surface area contributed by atoms with Crippen LogP contribution in [0, 0.1) is 11.8 Å². The fraction of sp³-hybridized carbons (Fsp3) is 0.889. The molecule has 0 aromatic heterocycles. The first-order valence-electron chi connectivity index (χ1n) is 4.37. The summed E-state index contributed by atoms with van der Waals surface area (Å²) in [4.78, 5) is 10.9. The summed E-state index contributed by atoms with van der Waals surface area (Å²) in [5.74, 6) is 0.701. The van der Waals surface area contributed by atoms with Crippen molar-refractivity contribution in [2.45, 2.75) is 26.7 Å². The maximum Gasteiger partial charge on any atom is 0.305 e. The van der Waals surface area contributed by atoms with Crippen LogP contribution in [-0.4, -0.2) is 19.6 Å². The van der Waals surface area contributed by atoms with Crippen LogP contribution in [0.3, 0.4) is 0 Å². The molecular weight excluding hydrogens is 154 g/mol. The molecule has 3 nitrogen and oxygen atoms in total. The zero-order chi connectivity index (χ0) is 9.56. The summed E-state index contributed by atoms with van der Waals surface area (Å²) in [6, 6.07) is 0. The van der Waals surface area contributed by atoms with Crippen LogP contribution in [0.25, 0.3) is 0 Å². The van der Waals surface area contributed by atoms with Crippen molar-refractivity contribution in [2.75, 3.05) is 13.7 Å². The third-order valence-electron chi connectivity index (χ3n) is 1.82. The van der Waals surface area contributed by atoms with E-state index in [2.05, 4.69) is 18.6 Å². The van der Waals surface area contributed by atoms with Gasteiger partial charge in [0.1, 0.15) is 0 Å². The van der Waals surface area contributed by atoms with E-state index in [1.54, 1.807) is 0 Å². The number of ether oxygens (including phenoxy) is 1. The van der Waals surface area contributed by atoms with Crippen molar-refractivity contribution in [3.05, 3.63) is 0 Å². The Labute approximate surface area is 74.3 Å². The maximum atomic E-state index is 10.9. The number of carbonyl (C=O) groups excluding carboxylic acids is 1. The second-order valence-electron chi connectivity index (χ2n) is 3.51. The van der Waals surface area contributed by atoms with Gasteiger partial charge < -0.3 is 10.5 Å². The summed E-state index contributed by atoms with van der Waals surface area (Å²) in [6.45, 7) is 4.81. The largest absolute Gasteiger partial charge is 0.469 e. The van der Waals surface area contributed by atoms with Crippen molar-refractivity contribution in [2.24, 2.45) is 17.6 Å². The summed E-state index contributed by atoms with van der Waals surface area (Å²) < 4.78 is 4.57. The molecule has 0 aromatic rings. The number of methoxy groups -OCH3 is 1. The highest BCUT2D eigenvalue weighted by atomic mass is 16.5. The van der Waals surface area contributed by atoms with Gasteiger partial charge in [-0.25, -0.2) is 0 Å². The molecule has 0 rings (SSSR count). The van der Waals surface area contributed by atoms with Crippen molar-refractivity contribution < 1.29 is 9.53 Å². The molecule has 0 aliphatic heterocycles. The first kappa shape index (κ1) is 11.4. The van der Waals surface area contributed by atoms with Crippen LogP contribution in [-0.2, 0) is 9.53 Å². The van der Waals surface area contributed by atoms with Crippen molar-refractivity contribution in [1.82, 2.24) is 0 Å². The van der Waals surface area contributed by atoms with Crippen molar-refractivity contribution in [3.8, 4) is 0 Å². The van der Waals surface area contributed by atoms with Gasteiger partial charge in [-0.1, -0.05) is 13.8 Å². The van der Waals surface area contributed by atoms with Crippen LogP contribution in [0.1, 0.15) is 26.7 Å². The van der Waals surface area contributed by atoms with Gasteiger partial charge in [-0.15, -0.1) is 0 Å².